The minimum absolute atomic E-state index is 0.0674. The molecule has 2 N–H and O–H groups in total. The van der Waals surface area contributed by atoms with E-state index < -0.39 is 36.0 Å². The number of halogens is 6. The van der Waals surface area contributed by atoms with Gasteiger partial charge in [-0.2, -0.15) is 26.3 Å². The summed E-state index contributed by atoms with van der Waals surface area (Å²) in [5, 5.41) is 11.6. The predicted octanol–water partition coefficient (Wildman–Crippen LogP) is 3.82. The van der Waals surface area contributed by atoms with E-state index >= 15 is 0 Å². The van der Waals surface area contributed by atoms with Crippen LogP contribution in [-0.2, 0) is 11.0 Å². The monoisotopic (exact) mass is 410 g/mol. The van der Waals surface area contributed by atoms with E-state index in [9.17, 15) is 36.2 Å². The molecule has 0 saturated heterocycles. The van der Waals surface area contributed by atoms with Crippen LogP contribution in [0.2, 0.25) is 0 Å². The smallest absolute Gasteiger partial charge is 0.380 e. The van der Waals surface area contributed by atoms with Crippen LogP contribution in [0, 0.1) is 0 Å². The van der Waals surface area contributed by atoms with Crippen molar-refractivity contribution in [1.82, 2.24) is 14.5 Å². The molecule has 1 amide bonds. The first-order chi connectivity index (χ1) is 12.8. The molecule has 0 unspecified atom stereocenters. The minimum atomic E-state index is -5.03. The summed E-state index contributed by atoms with van der Waals surface area (Å²) in [6.45, 7) is 0.457. The minimum Gasteiger partial charge on any atom is -0.380 e. The number of carbonyl (C=O) groups excluding carboxylic acids is 1. The molecule has 1 saturated carbocycles. The van der Waals surface area contributed by atoms with Crippen molar-refractivity contribution in [1.29, 1.82) is 0 Å². The third-order valence-electron chi connectivity index (χ3n) is 4.63. The molecular formula is C16H16F6N4O2. The molecule has 0 spiro atoms. The van der Waals surface area contributed by atoms with Gasteiger partial charge in [0.05, 0.1) is 6.42 Å². The summed E-state index contributed by atoms with van der Waals surface area (Å²) in [6, 6.07) is 1.54. The first kappa shape index (κ1) is 20.4. The molecule has 3 rings (SSSR count). The van der Waals surface area contributed by atoms with E-state index in [0.717, 1.165) is 18.6 Å². The number of amides is 1. The van der Waals surface area contributed by atoms with Crippen LogP contribution in [0.4, 0.5) is 32.3 Å². The fourth-order valence-electron chi connectivity index (χ4n) is 2.79. The standard InChI is InChI=1S/C16H16F6N4O2/c1-14(28,16(20,21)22)7-11(27)25-13-23-9-5-6-10(15(17,18)19)24-12(9)26(13)8-3-2-4-8/h5-6,8,28H,2-4,7H2,1H3,(H,23,25,27)/t14-/m0/s1. The van der Waals surface area contributed by atoms with E-state index in [1.165, 1.54) is 4.57 Å². The van der Waals surface area contributed by atoms with Crippen LogP contribution < -0.4 is 5.32 Å². The van der Waals surface area contributed by atoms with Crippen molar-refractivity contribution in [2.75, 3.05) is 5.32 Å². The average molecular weight is 410 g/mol. The first-order valence-corrected chi connectivity index (χ1v) is 8.35. The number of pyridine rings is 1. The maximum Gasteiger partial charge on any atom is 0.433 e. The zero-order valence-corrected chi connectivity index (χ0v) is 14.5. The first-order valence-electron chi connectivity index (χ1n) is 8.35. The normalized spacial score (nSPS) is 18.0. The van der Waals surface area contributed by atoms with Crippen LogP contribution >= 0.6 is 0 Å². The molecule has 1 aliphatic carbocycles. The number of alkyl halides is 6. The third kappa shape index (κ3) is 3.77. The highest BCUT2D eigenvalue weighted by molar-refractivity contribution is 5.91. The topological polar surface area (TPSA) is 80.0 Å². The predicted molar refractivity (Wildman–Crippen MR) is 85.3 cm³/mol. The molecule has 2 heterocycles. The molecule has 12 heteroatoms. The Bertz CT molecular complexity index is 899. The molecule has 2 aromatic heterocycles. The Morgan fingerprint density at radius 3 is 2.36 bits per heavy atom. The van der Waals surface area contributed by atoms with Crippen LogP contribution in [0.5, 0.6) is 0 Å². The fraction of sp³-hybridized carbons (Fsp3) is 0.562. The van der Waals surface area contributed by atoms with Crippen LogP contribution in [0.25, 0.3) is 11.2 Å². The van der Waals surface area contributed by atoms with E-state index in [4.69, 9.17) is 0 Å². The van der Waals surface area contributed by atoms with Crippen molar-refractivity contribution in [3.8, 4) is 0 Å². The van der Waals surface area contributed by atoms with Gasteiger partial charge in [-0.15, -0.1) is 0 Å². The maximum atomic E-state index is 13.0. The number of nitrogens with zero attached hydrogens (tertiary/aromatic N) is 3. The Morgan fingerprint density at radius 2 is 1.86 bits per heavy atom. The van der Waals surface area contributed by atoms with Gasteiger partial charge in [0.25, 0.3) is 0 Å². The van der Waals surface area contributed by atoms with E-state index in [0.29, 0.717) is 19.8 Å². The lowest BCUT2D eigenvalue weighted by molar-refractivity contribution is -0.252. The van der Waals surface area contributed by atoms with Crippen molar-refractivity contribution in [3.05, 3.63) is 17.8 Å². The summed E-state index contributed by atoms with van der Waals surface area (Å²) in [6.07, 6.45) is -8.98. The van der Waals surface area contributed by atoms with E-state index in [1.807, 2.05) is 0 Å². The van der Waals surface area contributed by atoms with Crippen LogP contribution in [0.15, 0.2) is 12.1 Å². The van der Waals surface area contributed by atoms with Gasteiger partial charge in [-0.3, -0.25) is 14.7 Å². The second-order valence-electron chi connectivity index (χ2n) is 6.92. The molecular weight excluding hydrogens is 394 g/mol. The number of aliphatic hydroxyl groups is 1. The molecule has 1 atom stereocenters. The molecule has 0 aromatic carbocycles. The molecule has 28 heavy (non-hydrogen) atoms. The van der Waals surface area contributed by atoms with Gasteiger partial charge in [0.1, 0.15) is 11.2 Å². The molecule has 2 aromatic rings. The zero-order valence-electron chi connectivity index (χ0n) is 14.5. The molecule has 6 nitrogen and oxygen atoms in total. The van der Waals surface area contributed by atoms with Crippen molar-refractivity contribution < 1.29 is 36.2 Å². The number of fused-ring (bicyclic) bond motifs is 1. The van der Waals surface area contributed by atoms with Gasteiger partial charge in [-0.05, 0) is 38.3 Å². The second-order valence-corrected chi connectivity index (χ2v) is 6.92. The largest absolute Gasteiger partial charge is 0.433 e. The lowest BCUT2D eigenvalue weighted by atomic mass is 9.93. The number of carbonyl (C=O) groups is 1. The number of rotatable bonds is 4. The van der Waals surface area contributed by atoms with Crippen molar-refractivity contribution in [2.24, 2.45) is 0 Å². The second kappa shape index (κ2) is 6.61. The summed E-state index contributed by atoms with van der Waals surface area (Å²) in [5.41, 5.74) is -4.44. The Kier molecular flexibility index (Phi) is 4.80. The van der Waals surface area contributed by atoms with Gasteiger partial charge in [0.2, 0.25) is 11.9 Å². The van der Waals surface area contributed by atoms with Gasteiger partial charge in [0, 0.05) is 6.04 Å². The summed E-state index contributed by atoms with van der Waals surface area (Å²) in [7, 11) is 0. The summed E-state index contributed by atoms with van der Waals surface area (Å²) in [5.74, 6) is -1.37. The molecule has 1 fully saturated rings. The van der Waals surface area contributed by atoms with Crippen molar-refractivity contribution in [3.63, 3.8) is 0 Å². The van der Waals surface area contributed by atoms with Crippen LogP contribution in [0.1, 0.15) is 44.3 Å². The SMILES string of the molecule is C[C@](O)(CC(=O)Nc1nc2ccc(C(F)(F)F)nc2n1C1CCC1)C(F)(F)F. The van der Waals surface area contributed by atoms with E-state index in [-0.39, 0.29) is 23.2 Å². The highest BCUT2D eigenvalue weighted by Gasteiger charge is 2.51. The molecule has 154 valence electrons. The number of aromatic nitrogens is 3. The molecule has 0 aliphatic heterocycles. The van der Waals surface area contributed by atoms with Gasteiger partial charge >= 0.3 is 12.4 Å². The molecule has 1 aliphatic rings. The van der Waals surface area contributed by atoms with Crippen LogP contribution in [-0.4, -0.2) is 37.3 Å². The number of anilines is 1. The highest BCUT2D eigenvalue weighted by atomic mass is 19.4. The highest BCUT2D eigenvalue weighted by Crippen LogP contribution is 2.38. The van der Waals surface area contributed by atoms with Gasteiger partial charge in [-0.1, -0.05) is 0 Å². The van der Waals surface area contributed by atoms with Crippen molar-refractivity contribution in [2.45, 2.75) is 56.6 Å². The number of nitrogens with one attached hydrogen (secondary N) is 1. The average Bonchev–Trinajstić information content (AvgIpc) is 2.80. The third-order valence-corrected chi connectivity index (χ3v) is 4.63. The lowest BCUT2D eigenvalue weighted by Crippen LogP contribution is -2.45. The molecule has 0 bridgehead atoms. The Morgan fingerprint density at radius 1 is 1.21 bits per heavy atom. The number of imidazole rings is 1. The zero-order chi connectivity index (χ0) is 20.9. The number of hydrogen-bond acceptors (Lipinski definition) is 4. The van der Waals surface area contributed by atoms with Crippen molar-refractivity contribution >= 4 is 23.0 Å². The Hall–Kier alpha value is -2.37. The molecule has 0 radical (unpaired) electrons. The quantitative estimate of drug-likeness (QED) is 0.752. The maximum absolute atomic E-state index is 13.0. The summed E-state index contributed by atoms with van der Waals surface area (Å²) >= 11 is 0. The van der Waals surface area contributed by atoms with Gasteiger partial charge < -0.3 is 5.11 Å². The number of hydrogen-bond donors (Lipinski definition) is 2. The summed E-state index contributed by atoms with van der Waals surface area (Å²) < 4.78 is 78.5. The fourth-order valence-corrected chi connectivity index (χ4v) is 2.79. The van der Waals surface area contributed by atoms with Crippen LogP contribution in [0.3, 0.4) is 0 Å². The Balaban J connectivity index is 1.95. The van der Waals surface area contributed by atoms with Gasteiger partial charge in [0.15, 0.2) is 11.2 Å². The lowest BCUT2D eigenvalue weighted by Gasteiger charge is -2.29. The van der Waals surface area contributed by atoms with E-state index in [2.05, 4.69) is 15.3 Å². The van der Waals surface area contributed by atoms with E-state index in [1.54, 1.807) is 0 Å². The van der Waals surface area contributed by atoms with Gasteiger partial charge in [-0.25, -0.2) is 9.97 Å². The summed E-state index contributed by atoms with van der Waals surface area (Å²) in [4.78, 5) is 19.6. The Labute approximate surface area is 154 Å².